The molecule has 1 amide bonds. The summed E-state index contributed by atoms with van der Waals surface area (Å²) in [6.07, 6.45) is 5.69. The van der Waals surface area contributed by atoms with E-state index in [-0.39, 0.29) is 11.9 Å². The molecule has 3 rings (SSSR count). The van der Waals surface area contributed by atoms with E-state index in [4.69, 9.17) is 9.47 Å². The Kier molecular flexibility index (Phi) is 7.40. The van der Waals surface area contributed by atoms with E-state index < -0.39 is 23.8 Å². The van der Waals surface area contributed by atoms with Crippen molar-refractivity contribution in [2.75, 3.05) is 7.11 Å². The first-order valence-corrected chi connectivity index (χ1v) is 11.2. The van der Waals surface area contributed by atoms with E-state index in [1.54, 1.807) is 24.1 Å². The maximum atomic E-state index is 13.7. The van der Waals surface area contributed by atoms with Crippen molar-refractivity contribution < 1.29 is 23.8 Å². The minimum absolute atomic E-state index is 0.0251. The van der Waals surface area contributed by atoms with E-state index >= 15 is 0 Å². The maximum Gasteiger partial charge on any atom is 0.410 e. The molecule has 0 aromatic heterocycles. The molecule has 1 heterocycles. The van der Waals surface area contributed by atoms with Crippen LogP contribution >= 0.6 is 0 Å². The molecular formula is C24H36FNO4. The molecule has 3 atom stereocenters. The second kappa shape index (κ2) is 9.65. The van der Waals surface area contributed by atoms with Gasteiger partial charge in [-0.1, -0.05) is 12.1 Å². The predicted octanol–water partition coefficient (Wildman–Crippen LogP) is 5.22. The number of nitrogens with zero attached hydrogens (tertiary/aromatic N) is 1. The number of halogens is 1. The lowest BCUT2D eigenvalue weighted by molar-refractivity contribution is -0.00898. The van der Waals surface area contributed by atoms with E-state index in [9.17, 15) is 14.3 Å². The number of ether oxygens (including phenoxy) is 2. The number of benzene rings is 1. The van der Waals surface area contributed by atoms with Gasteiger partial charge in [0, 0.05) is 13.2 Å². The molecule has 1 saturated heterocycles. The first-order valence-electron chi connectivity index (χ1n) is 11.2. The van der Waals surface area contributed by atoms with Gasteiger partial charge in [-0.05, 0) is 89.3 Å². The molecule has 6 heteroatoms. The number of aliphatic hydroxyl groups is 1. The fraction of sp³-hybridized carbons (Fsp3) is 0.708. The number of rotatable bonds is 5. The van der Waals surface area contributed by atoms with Crippen LogP contribution in [0.3, 0.4) is 0 Å². The molecular weight excluding hydrogens is 385 g/mol. The Morgan fingerprint density at radius 2 is 1.90 bits per heavy atom. The first-order chi connectivity index (χ1) is 14.2. The van der Waals surface area contributed by atoms with E-state index in [0.29, 0.717) is 24.0 Å². The SMILES string of the molecule is COC1CCC(CC2CCC([C@@H](O)c3cccc(F)c3)N2C(=O)OC(C)(C)C)CC1. The van der Waals surface area contributed by atoms with E-state index in [1.807, 2.05) is 20.8 Å². The molecule has 1 aromatic carbocycles. The van der Waals surface area contributed by atoms with Gasteiger partial charge >= 0.3 is 6.09 Å². The minimum Gasteiger partial charge on any atom is -0.444 e. The lowest BCUT2D eigenvalue weighted by atomic mass is 9.83. The van der Waals surface area contributed by atoms with Gasteiger partial charge in [-0.3, -0.25) is 4.90 Å². The highest BCUT2D eigenvalue weighted by Gasteiger charge is 2.43. The highest BCUT2D eigenvalue weighted by molar-refractivity contribution is 5.69. The average Bonchev–Trinajstić information content (AvgIpc) is 3.10. The molecule has 0 radical (unpaired) electrons. The van der Waals surface area contributed by atoms with Crippen LogP contribution in [0, 0.1) is 11.7 Å². The van der Waals surface area contributed by atoms with Crippen LogP contribution < -0.4 is 0 Å². The highest BCUT2D eigenvalue weighted by atomic mass is 19.1. The van der Waals surface area contributed by atoms with Crippen molar-refractivity contribution in [1.29, 1.82) is 0 Å². The van der Waals surface area contributed by atoms with Crippen LogP contribution in [0.5, 0.6) is 0 Å². The summed E-state index contributed by atoms with van der Waals surface area (Å²) in [5.41, 5.74) is -0.121. The first kappa shape index (κ1) is 23.0. The van der Waals surface area contributed by atoms with Gasteiger partial charge in [-0.25, -0.2) is 9.18 Å². The van der Waals surface area contributed by atoms with Crippen LogP contribution in [0.2, 0.25) is 0 Å². The molecule has 30 heavy (non-hydrogen) atoms. The van der Waals surface area contributed by atoms with Crippen LogP contribution in [0.25, 0.3) is 0 Å². The Morgan fingerprint density at radius 1 is 1.20 bits per heavy atom. The third-order valence-electron chi connectivity index (χ3n) is 6.44. The van der Waals surface area contributed by atoms with Crippen LogP contribution in [-0.4, -0.2) is 47.0 Å². The number of likely N-dealkylation sites (tertiary alicyclic amines) is 1. The number of aliphatic hydroxyl groups excluding tert-OH is 1. The zero-order valence-electron chi connectivity index (χ0n) is 18.6. The molecule has 5 nitrogen and oxygen atoms in total. The third-order valence-corrected chi connectivity index (χ3v) is 6.44. The average molecular weight is 422 g/mol. The summed E-state index contributed by atoms with van der Waals surface area (Å²) in [6, 6.07) is 5.61. The monoisotopic (exact) mass is 421 g/mol. The predicted molar refractivity (Wildman–Crippen MR) is 114 cm³/mol. The van der Waals surface area contributed by atoms with Crippen LogP contribution in [0.1, 0.15) is 77.4 Å². The second-order valence-electron chi connectivity index (χ2n) is 9.80. The quantitative estimate of drug-likeness (QED) is 0.708. The van der Waals surface area contributed by atoms with Gasteiger partial charge in [0.1, 0.15) is 11.4 Å². The number of hydrogen-bond acceptors (Lipinski definition) is 4. The summed E-state index contributed by atoms with van der Waals surface area (Å²) in [6.45, 7) is 5.54. The van der Waals surface area contributed by atoms with Crippen molar-refractivity contribution in [1.82, 2.24) is 4.90 Å². The standard InChI is InChI=1S/C24H36FNO4/c1-24(2,3)30-23(28)26-19(14-16-8-11-20(29-4)12-9-16)10-13-21(26)22(27)17-6-5-7-18(25)15-17/h5-7,15-16,19-22,27H,8-14H2,1-4H3/t16?,19?,20?,21?,22-/m0/s1. The van der Waals surface area contributed by atoms with Crippen LogP contribution in [0.4, 0.5) is 9.18 Å². The molecule has 168 valence electrons. The normalized spacial score (nSPS) is 28.4. The number of methoxy groups -OCH3 is 1. The molecule has 1 saturated carbocycles. The van der Waals surface area contributed by atoms with Crippen LogP contribution in [-0.2, 0) is 9.47 Å². The number of carbonyl (C=O) groups excluding carboxylic acids is 1. The van der Waals surface area contributed by atoms with Gasteiger partial charge in [0.25, 0.3) is 0 Å². The molecule has 1 N–H and O–H groups in total. The van der Waals surface area contributed by atoms with Gasteiger partial charge in [0.15, 0.2) is 0 Å². The smallest absolute Gasteiger partial charge is 0.410 e. The Labute approximate surface area is 179 Å². The topological polar surface area (TPSA) is 59.0 Å². The summed E-state index contributed by atoms with van der Waals surface area (Å²) in [7, 11) is 1.77. The fourth-order valence-electron chi connectivity index (χ4n) is 4.95. The van der Waals surface area contributed by atoms with E-state index in [0.717, 1.165) is 38.5 Å². The molecule has 2 fully saturated rings. The molecule has 1 aliphatic carbocycles. The second-order valence-corrected chi connectivity index (χ2v) is 9.80. The maximum absolute atomic E-state index is 13.7. The molecule has 2 aliphatic rings. The summed E-state index contributed by atoms with van der Waals surface area (Å²) in [5, 5.41) is 11.0. The Bertz CT molecular complexity index is 711. The van der Waals surface area contributed by atoms with Gasteiger partial charge in [-0.2, -0.15) is 0 Å². The Balaban J connectivity index is 1.76. The fourth-order valence-corrected chi connectivity index (χ4v) is 4.95. The lowest BCUT2D eigenvalue weighted by Gasteiger charge is -2.37. The summed E-state index contributed by atoms with van der Waals surface area (Å²) < 4.78 is 24.9. The molecule has 2 unspecified atom stereocenters. The van der Waals surface area contributed by atoms with Crippen molar-refractivity contribution in [2.24, 2.45) is 5.92 Å². The van der Waals surface area contributed by atoms with Crippen molar-refractivity contribution >= 4 is 6.09 Å². The summed E-state index contributed by atoms with van der Waals surface area (Å²) >= 11 is 0. The lowest BCUT2D eigenvalue weighted by Crippen LogP contribution is -2.47. The van der Waals surface area contributed by atoms with Gasteiger partial charge in [0.05, 0.1) is 18.2 Å². The van der Waals surface area contributed by atoms with Gasteiger partial charge < -0.3 is 14.6 Å². The van der Waals surface area contributed by atoms with Crippen LogP contribution in [0.15, 0.2) is 24.3 Å². The summed E-state index contributed by atoms with van der Waals surface area (Å²) in [4.78, 5) is 14.9. The number of carbonyl (C=O) groups is 1. The largest absolute Gasteiger partial charge is 0.444 e. The van der Waals surface area contributed by atoms with Crippen molar-refractivity contribution in [3.63, 3.8) is 0 Å². The van der Waals surface area contributed by atoms with E-state index in [1.165, 1.54) is 12.1 Å². The third kappa shape index (κ3) is 5.73. The zero-order chi connectivity index (χ0) is 21.9. The van der Waals surface area contributed by atoms with Gasteiger partial charge in [0.2, 0.25) is 0 Å². The van der Waals surface area contributed by atoms with Gasteiger partial charge in [-0.15, -0.1) is 0 Å². The molecule has 1 aromatic rings. The molecule has 1 aliphatic heterocycles. The Morgan fingerprint density at radius 3 is 2.50 bits per heavy atom. The number of amides is 1. The zero-order valence-corrected chi connectivity index (χ0v) is 18.6. The molecule has 0 bridgehead atoms. The summed E-state index contributed by atoms with van der Waals surface area (Å²) in [5.74, 6) is 0.149. The van der Waals surface area contributed by atoms with E-state index in [2.05, 4.69) is 0 Å². The van der Waals surface area contributed by atoms with Crippen molar-refractivity contribution in [2.45, 2.75) is 95.6 Å². The Hall–Kier alpha value is -1.66. The van der Waals surface area contributed by atoms with Crippen molar-refractivity contribution in [3.8, 4) is 0 Å². The minimum atomic E-state index is -0.942. The molecule has 0 spiro atoms. The number of hydrogen-bond donors (Lipinski definition) is 1. The van der Waals surface area contributed by atoms with Crippen molar-refractivity contribution in [3.05, 3.63) is 35.6 Å². The highest BCUT2D eigenvalue weighted by Crippen LogP contribution is 2.39.